The molecule has 0 amide bonds. The van der Waals surface area contributed by atoms with E-state index in [4.69, 9.17) is 0 Å². The van der Waals surface area contributed by atoms with Gasteiger partial charge in [-0.05, 0) is 38.1 Å². The summed E-state index contributed by atoms with van der Waals surface area (Å²) in [6, 6.07) is 3.13. The lowest BCUT2D eigenvalue weighted by Crippen LogP contribution is -2.35. The lowest BCUT2D eigenvalue weighted by molar-refractivity contribution is 0.496. The smallest absolute Gasteiger partial charge is 0.181 e. The highest BCUT2D eigenvalue weighted by Crippen LogP contribution is 2.21. The predicted octanol–water partition coefficient (Wildman–Crippen LogP) is 0.607. The Morgan fingerprint density at radius 2 is 1.80 bits per heavy atom. The molecule has 82 valence electrons. The SMILES string of the molecule is O=S(=O)(c1ccncc1)C1CCNCC1. The Morgan fingerprint density at radius 1 is 1.20 bits per heavy atom. The molecule has 1 aromatic rings. The summed E-state index contributed by atoms with van der Waals surface area (Å²) < 4.78 is 24.3. The van der Waals surface area contributed by atoms with Crippen molar-refractivity contribution in [2.24, 2.45) is 0 Å². The van der Waals surface area contributed by atoms with E-state index in [0.717, 1.165) is 13.1 Å². The molecule has 0 aromatic carbocycles. The minimum atomic E-state index is -3.14. The van der Waals surface area contributed by atoms with Crippen LogP contribution in [-0.4, -0.2) is 31.7 Å². The summed E-state index contributed by atoms with van der Waals surface area (Å²) in [5, 5.41) is 2.93. The van der Waals surface area contributed by atoms with Crippen LogP contribution >= 0.6 is 0 Å². The van der Waals surface area contributed by atoms with Crippen molar-refractivity contribution in [1.82, 2.24) is 10.3 Å². The van der Waals surface area contributed by atoms with Crippen LogP contribution in [0, 0.1) is 0 Å². The van der Waals surface area contributed by atoms with Crippen LogP contribution in [0.2, 0.25) is 0 Å². The average Bonchev–Trinajstić information content (AvgIpc) is 2.31. The normalized spacial score (nSPS) is 18.9. The van der Waals surface area contributed by atoms with Gasteiger partial charge >= 0.3 is 0 Å². The molecule has 0 radical (unpaired) electrons. The first-order valence-corrected chi connectivity index (χ1v) is 6.60. The van der Waals surface area contributed by atoms with Gasteiger partial charge in [-0.25, -0.2) is 8.42 Å². The molecule has 2 heterocycles. The van der Waals surface area contributed by atoms with E-state index in [1.165, 1.54) is 12.4 Å². The Morgan fingerprint density at radius 3 is 2.40 bits per heavy atom. The molecule has 4 nitrogen and oxygen atoms in total. The standard InChI is InChI=1S/C10H14N2O2S/c13-15(14,9-1-5-11-6-2-9)10-3-7-12-8-4-10/h1-2,5-6,10,12H,3-4,7-8H2. The summed E-state index contributed by atoms with van der Waals surface area (Å²) in [7, 11) is -3.14. The lowest BCUT2D eigenvalue weighted by Gasteiger charge is -2.22. The van der Waals surface area contributed by atoms with Crippen LogP contribution in [0.5, 0.6) is 0 Å². The highest BCUT2D eigenvalue weighted by molar-refractivity contribution is 7.92. The maximum atomic E-state index is 12.1. The van der Waals surface area contributed by atoms with Crippen molar-refractivity contribution in [3.63, 3.8) is 0 Å². The maximum absolute atomic E-state index is 12.1. The summed E-state index contributed by atoms with van der Waals surface area (Å²) in [4.78, 5) is 4.22. The van der Waals surface area contributed by atoms with Gasteiger partial charge in [-0.15, -0.1) is 0 Å². The monoisotopic (exact) mass is 226 g/mol. The van der Waals surface area contributed by atoms with Crippen molar-refractivity contribution < 1.29 is 8.42 Å². The third-order valence-electron chi connectivity index (χ3n) is 2.70. The number of hydrogen-bond acceptors (Lipinski definition) is 4. The molecule has 15 heavy (non-hydrogen) atoms. The van der Waals surface area contributed by atoms with Crippen LogP contribution < -0.4 is 5.32 Å². The summed E-state index contributed by atoms with van der Waals surface area (Å²) >= 11 is 0. The average molecular weight is 226 g/mol. The van der Waals surface area contributed by atoms with E-state index >= 15 is 0 Å². The van der Waals surface area contributed by atoms with E-state index in [9.17, 15) is 8.42 Å². The molecule has 1 fully saturated rings. The predicted molar refractivity (Wildman–Crippen MR) is 57.3 cm³/mol. The van der Waals surface area contributed by atoms with E-state index in [0.29, 0.717) is 17.7 Å². The van der Waals surface area contributed by atoms with Crippen LogP contribution in [0.25, 0.3) is 0 Å². The fourth-order valence-corrected chi connectivity index (χ4v) is 3.57. The Labute approximate surface area is 89.6 Å². The molecule has 1 aromatic heterocycles. The summed E-state index contributed by atoms with van der Waals surface area (Å²) in [6.07, 6.45) is 4.44. The van der Waals surface area contributed by atoms with E-state index in [2.05, 4.69) is 10.3 Å². The minimum absolute atomic E-state index is 0.235. The van der Waals surface area contributed by atoms with E-state index < -0.39 is 9.84 Å². The zero-order chi connectivity index (χ0) is 10.7. The summed E-state index contributed by atoms with van der Waals surface area (Å²) in [5.41, 5.74) is 0. The van der Waals surface area contributed by atoms with E-state index in [-0.39, 0.29) is 5.25 Å². The second-order valence-corrected chi connectivity index (χ2v) is 5.91. The van der Waals surface area contributed by atoms with Crippen molar-refractivity contribution in [3.8, 4) is 0 Å². The first-order valence-electron chi connectivity index (χ1n) is 5.06. The first kappa shape index (κ1) is 10.6. The molecule has 5 heteroatoms. The van der Waals surface area contributed by atoms with Gasteiger partial charge in [0.05, 0.1) is 10.1 Å². The van der Waals surface area contributed by atoms with Crippen LogP contribution in [-0.2, 0) is 9.84 Å². The molecule has 1 saturated heterocycles. The Bertz CT molecular complexity index is 410. The molecule has 1 aliphatic heterocycles. The quantitative estimate of drug-likeness (QED) is 0.802. The molecule has 0 spiro atoms. The van der Waals surface area contributed by atoms with Crippen molar-refractivity contribution in [3.05, 3.63) is 24.5 Å². The third kappa shape index (κ3) is 2.18. The van der Waals surface area contributed by atoms with Gasteiger partial charge in [-0.3, -0.25) is 4.98 Å². The van der Waals surface area contributed by atoms with Crippen LogP contribution in [0.1, 0.15) is 12.8 Å². The number of pyridine rings is 1. The largest absolute Gasteiger partial charge is 0.317 e. The number of piperidine rings is 1. The highest BCUT2D eigenvalue weighted by Gasteiger charge is 2.28. The third-order valence-corrected chi connectivity index (χ3v) is 4.98. The van der Waals surface area contributed by atoms with Crippen molar-refractivity contribution in [2.45, 2.75) is 23.0 Å². The Hall–Kier alpha value is -0.940. The maximum Gasteiger partial charge on any atom is 0.181 e. The fraction of sp³-hybridized carbons (Fsp3) is 0.500. The Balaban J connectivity index is 2.26. The van der Waals surface area contributed by atoms with Crippen molar-refractivity contribution >= 4 is 9.84 Å². The van der Waals surface area contributed by atoms with Gasteiger partial charge in [-0.2, -0.15) is 0 Å². The number of aromatic nitrogens is 1. The fourth-order valence-electron chi connectivity index (χ4n) is 1.83. The number of sulfone groups is 1. The molecule has 1 aliphatic rings. The van der Waals surface area contributed by atoms with Gasteiger partial charge in [0.25, 0.3) is 0 Å². The van der Waals surface area contributed by atoms with Gasteiger partial charge in [0.2, 0.25) is 0 Å². The summed E-state index contributed by atoms with van der Waals surface area (Å²) in [5.74, 6) is 0. The van der Waals surface area contributed by atoms with Crippen molar-refractivity contribution in [1.29, 1.82) is 0 Å². The zero-order valence-corrected chi connectivity index (χ0v) is 9.20. The van der Waals surface area contributed by atoms with Gasteiger partial charge in [0.15, 0.2) is 9.84 Å². The van der Waals surface area contributed by atoms with Gasteiger partial charge < -0.3 is 5.32 Å². The van der Waals surface area contributed by atoms with Gasteiger partial charge in [0, 0.05) is 12.4 Å². The first-order chi connectivity index (χ1) is 7.21. The molecule has 0 atom stereocenters. The van der Waals surface area contributed by atoms with Crippen LogP contribution in [0.3, 0.4) is 0 Å². The van der Waals surface area contributed by atoms with Gasteiger partial charge in [0.1, 0.15) is 0 Å². The molecule has 0 saturated carbocycles. The molecule has 0 unspecified atom stereocenters. The molecule has 1 N–H and O–H groups in total. The molecule has 0 aliphatic carbocycles. The second-order valence-electron chi connectivity index (χ2n) is 3.68. The summed E-state index contributed by atoms with van der Waals surface area (Å²) in [6.45, 7) is 1.57. The van der Waals surface area contributed by atoms with Crippen LogP contribution in [0.15, 0.2) is 29.4 Å². The highest BCUT2D eigenvalue weighted by atomic mass is 32.2. The number of hydrogen-bond donors (Lipinski definition) is 1. The molecular weight excluding hydrogens is 212 g/mol. The number of nitrogens with one attached hydrogen (secondary N) is 1. The lowest BCUT2D eigenvalue weighted by atomic mass is 10.2. The Kier molecular flexibility index (Phi) is 3.02. The van der Waals surface area contributed by atoms with E-state index in [1.807, 2.05) is 0 Å². The van der Waals surface area contributed by atoms with Crippen LogP contribution in [0.4, 0.5) is 0 Å². The van der Waals surface area contributed by atoms with Crippen molar-refractivity contribution in [2.75, 3.05) is 13.1 Å². The van der Waals surface area contributed by atoms with E-state index in [1.54, 1.807) is 12.1 Å². The number of rotatable bonds is 2. The molecule has 0 bridgehead atoms. The minimum Gasteiger partial charge on any atom is -0.317 e. The molecular formula is C10H14N2O2S. The topological polar surface area (TPSA) is 59.1 Å². The van der Waals surface area contributed by atoms with Gasteiger partial charge in [-0.1, -0.05) is 0 Å². The molecule has 2 rings (SSSR count). The second kappa shape index (κ2) is 4.28. The zero-order valence-electron chi connectivity index (χ0n) is 8.39. The number of nitrogens with zero attached hydrogens (tertiary/aromatic N) is 1.